The summed E-state index contributed by atoms with van der Waals surface area (Å²) >= 11 is 0. The van der Waals surface area contributed by atoms with Crippen molar-refractivity contribution in [1.82, 2.24) is 19.9 Å². The minimum atomic E-state index is -0.760. The third-order valence-electron chi connectivity index (χ3n) is 5.28. The Labute approximate surface area is 160 Å². The molecule has 3 heterocycles. The first kappa shape index (κ1) is 16.7. The lowest BCUT2D eigenvalue weighted by atomic mass is 10.0. The molecule has 0 saturated carbocycles. The summed E-state index contributed by atoms with van der Waals surface area (Å²) in [4.78, 5) is 34.0. The minimum absolute atomic E-state index is 0.234. The summed E-state index contributed by atoms with van der Waals surface area (Å²) in [6, 6.07) is 14.3. The molecule has 1 unspecified atom stereocenters. The summed E-state index contributed by atoms with van der Waals surface area (Å²) in [6.45, 7) is 0. The molecule has 0 aliphatic carbocycles. The smallest absolute Gasteiger partial charge is 0.262 e. The number of benzene rings is 2. The number of aromatic amines is 1. The molecule has 7 heteroatoms. The first-order valence-electron chi connectivity index (χ1n) is 9.06. The maximum Gasteiger partial charge on any atom is 0.262 e. The highest BCUT2D eigenvalue weighted by atomic mass is 16.5. The van der Waals surface area contributed by atoms with Gasteiger partial charge in [-0.3, -0.25) is 14.2 Å². The molecule has 1 aliphatic rings. The lowest BCUT2D eigenvalue weighted by Crippen LogP contribution is -2.49. The fourth-order valence-electron chi connectivity index (χ4n) is 3.91. The van der Waals surface area contributed by atoms with Crippen LogP contribution in [0.1, 0.15) is 23.7 Å². The Balaban J connectivity index is 1.70. The van der Waals surface area contributed by atoms with E-state index >= 15 is 0 Å². The van der Waals surface area contributed by atoms with E-state index in [4.69, 9.17) is 4.74 Å². The third-order valence-corrected chi connectivity index (χ3v) is 5.28. The van der Waals surface area contributed by atoms with Gasteiger partial charge in [0.25, 0.3) is 5.56 Å². The van der Waals surface area contributed by atoms with Crippen LogP contribution in [0.4, 0.5) is 0 Å². The SMILES string of the molecule is COC1NC(=O)[C@@H](Cc2c[nH]c3ccccc23)n2c1nc1ccccc1c2=O. The zero-order valence-corrected chi connectivity index (χ0v) is 15.2. The van der Waals surface area contributed by atoms with Gasteiger partial charge in [0.1, 0.15) is 6.04 Å². The predicted octanol–water partition coefficient (Wildman–Crippen LogP) is 2.44. The van der Waals surface area contributed by atoms with Gasteiger partial charge >= 0.3 is 0 Å². The topological polar surface area (TPSA) is 89.0 Å². The molecule has 4 aromatic rings. The van der Waals surface area contributed by atoms with Crippen LogP contribution in [-0.2, 0) is 16.0 Å². The standard InChI is InChI=1S/C21H18N4O3/c1-28-20-18-23-16-9-5-3-7-14(16)21(27)25(18)17(19(26)24-20)10-12-11-22-15-8-4-2-6-13(12)15/h2-9,11,17,20,22H,10H2,1H3,(H,24,26)/t17-,20?/m1/s1. The Kier molecular flexibility index (Phi) is 3.77. The number of carbonyl (C=O) groups excluding carboxylic acids is 1. The molecule has 1 amide bonds. The van der Waals surface area contributed by atoms with Crippen LogP contribution in [0.15, 0.2) is 59.5 Å². The molecule has 0 spiro atoms. The van der Waals surface area contributed by atoms with Gasteiger partial charge in [0, 0.05) is 30.6 Å². The Morgan fingerprint density at radius 1 is 1.07 bits per heavy atom. The largest absolute Gasteiger partial charge is 0.361 e. The van der Waals surface area contributed by atoms with Crippen LogP contribution in [-0.4, -0.2) is 27.6 Å². The predicted molar refractivity (Wildman–Crippen MR) is 105 cm³/mol. The first-order valence-corrected chi connectivity index (χ1v) is 9.06. The average Bonchev–Trinajstić information content (AvgIpc) is 3.13. The maximum absolute atomic E-state index is 13.3. The Hall–Kier alpha value is -3.45. The van der Waals surface area contributed by atoms with Crippen molar-refractivity contribution >= 4 is 27.7 Å². The summed E-state index contributed by atoms with van der Waals surface area (Å²) in [5.41, 5.74) is 2.32. The number of rotatable bonds is 3. The molecular weight excluding hydrogens is 356 g/mol. The fourth-order valence-corrected chi connectivity index (χ4v) is 3.91. The quantitative estimate of drug-likeness (QED) is 0.576. The number of methoxy groups -OCH3 is 1. The minimum Gasteiger partial charge on any atom is -0.361 e. The van der Waals surface area contributed by atoms with E-state index in [9.17, 15) is 9.59 Å². The van der Waals surface area contributed by atoms with Gasteiger partial charge in [0.2, 0.25) is 5.91 Å². The number of nitrogens with zero attached hydrogens (tertiary/aromatic N) is 2. The number of H-pyrrole nitrogens is 1. The Morgan fingerprint density at radius 2 is 1.82 bits per heavy atom. The van der Waals surface area contributed by atoms with Crippen LogP contribution < -0.4 is 10.9 Å². The fraction of sp³-hybridized carbons (Fsp3) is 0.190. The Bertz CT molecular complexity index is 1270. The van der Waals surface area contributed by atoms with E-state index in [1.165, 1.54) is 11.7 Å². The normalized spacial score (nSPS) is 19.0. The molecule has 1 aliphatic heterocycles. The van der Waals surface area contributed by atoms with Crippen molar-refractivity contribution in [2.75, 3.05) is 7.11 Å². The van der Waals surface area contributed by atoms with E-state index in [-0.39, 0.29) is 11.5 Å². The van der Waals surface area contributed by atoms with Crippen LogP contribution >= 0.6 is 0 Å². The summed E-state index contributed by atoms with van der Waals surface area (Å²) in [7, 11) is 1.48. The van der Waals surface area contributed by atoms with Crippen LogP contribution in [0.2, 0.25) is 0 Å². The van der Waals surface area contributed by atoms with Crippen molar-refractivity contribution in [2.45, 2.75) is 18.7 Å². The van der Waals surface area contributed by atoms with Crippen LogP contribution in [0, 0.1) is 0 Å². The molecule has 2 aromatic carbocycles. The van der Waals surface area contributed by atoms with Crippen molar-refractivity contribution in [3.05, 3.63) is 76.5 Å². The van der Waals surface area contributed by atoms with Gasteiger partial charge in [0.15, 0.2) is 12.1 Å². The van der Waals surface area contributed by atoms with E-state index in [1.54, 1.807) is 18.2 Å². The molecule has 2 aromatic heterocycles. The number of hydrogen-bond acceptors (Lipinski definition) is 4. The van der Waals surface area contributed by atoms with Gasteiger partial charge in [0.05, 0.1) is 10.9 Å². The molecule has 0 bridgehead atoms. The van der Waals surface area contributed by atoms with Gasteiger partial charge in [-0.2, -0.15) is 0 Å². The lowest BCUT2D eigenvalue weighted by Gasteiger charge is -2.31. The summed E-state index contributed by atoms with van der Waals surface area (Å²) in [5.74, 6) is 0.152. The summed E-state index contributed by atoms with van der Waals surface area (Å²) < 4.78 is 6.87. The first-order chi connectivity index (χ1) is 13.7. The van der Waals surface area contributed by atoms with E-state index in [1.807, 2.05) is 36.5 Å². The van der Waals surface area contributed by atoms with E-state index in [0.717, 1.165) is 16.5 Å². The van der Waals surface area contributed by atoms with Crippen molar-refractivity contribution < 1.29 is 9.53 Å². The number of fused-ring (bicyclic) bond motifs is 3. The van der Waals surface area contributed by atoms with Gasteiger partial charge in [-0.15, -0.1) is 0 Å². The molecule has 28 heavy (non-hydrogen) atoms. The number of amides is 1. The molecule has 7 nitrogen and oxygen atoms in total. The zero-order valence-electron chi connectivity index (χ0n) is 15.2. The number of ether oxygens (including phenoxy) is 1. The van der Waals surface area contributed by atoms with Gasteiger partial charge in [-0.05, 0) is 23.8 Å². The number of hydrogen-bond donors (Lipinski definition) is 2. The van der Waals surface area contributed by atoms with Crippen LogP contribution in [0.3, 0.4) is 0 Å². The molecule has 0 radical (unpaired) electrons. The highest BCUT2D eigenvalue weighted by molar-refractivity contribution is 5.87. The van der Waals surface area contributed by atoms with Crippen molar-refractivity contribution in [2.24, 2.45) is 0 Å². The van der Waals surface area contributed by atoms with E-state index < -0.39 is 12.3 Å². The monoisotopic (exact) mass is 374 g/mol. The third kappa shape index (κ3) is 2.44. The summed E-state index contributed by atoms with van der Waals surface area (Å²) in [6.07, 6.45) is 1.50. The maximum atomic E-state index is 13.3. The number of para-hydroxylation sites is 2. The molecule has 0 saturated heterocycles. The average molecular weight is 374 g/mol. The van der Waals surface area contributed by atoms with Crippen molar-refractivity contribution in [3.8, 4) is 0 Å². The second kappa shape index (κ2) is 6.31. The number of aromatic nitrogens is 3. The molecule has 0 fully saturated rings. The van der Waals surface area contributed by atoms with E-state index in [2.05, 4.69) is 15.3 Å². The second-order valence-electron chi connectivity index (χ2n) is 6.87. The summed E-state index contributed by atoms with van der Waals surface area (Å²) in [5, 5.41) is 4.35. The van der Waals surface area contributed by atoms with Gasteiger partial charge in [-0.1, -0.05) is 30.3 Å². The lowest BCUT2D eigenvalue weighted by molar-refractivity contribution is -0.131. The molecule has 2 atom stereocenters. The molecule has 140 valence electrons. The van der Waals surface area contributed by atoms with Gasteiger partial charge in [-0.25, -0.2) is 4.98 Å². The second-order valence-corrected chi connectivity index (χ2v) is 6.87. The number of nitrogens with one attached hydrogen (secondary N) is 2. The Morgan fingerprint density at radius 3 is 2.64 bits per heavy atom. The highest BCUT2D eigenvalue weighted by Gasteiger charge is 2.36. The van der Waals surface area contributed by atoms with Gasteiger partial charge < -0.3 is 15.0 Å². The molecular formula is C21H18N4O3. The van der Waals surface area contributed by atoms with Crippen molar-refractivity contribution in [3.63, 3.8) is 0 Å². The van der Waals surface area contributed by atoms with Crippen molar-refractivity contribution in [1.29, 1.82) is 0 Å². The number of carbonyl (C=O) groups is 1. The molecule has 5 rings (SSSR count). The van der Waals surface area contributed by atoms with Crippen LogP contribution in [0.25, 0.3) is 21.8 Å². The zero-order chi connectivity index (χ0) is 19.3. The molecule has 2 N–H and O–H groups in total. The highest BCUT2D eigenvalue weighted by Crippen LogP contribution is 2.28. The van der Waals surface area contributed by atoms with E-state index in [0.29, 0.717) is 23.1 Å². The van der Waals surface area contributed by atoms with Crippen LogP contribution in [0.5, 0.6) is 0 Å².